The summed E-state index contributed by atoms with van der Waals surface area (Å²) in [7, 11) is 0. The zero-order chi connectivity index (χ0) is 25.1. The van der Waals surface area contributed by atoms with E-state index in [0.29, 0.717) is 11.8 Å². The van der Waals surface area contributed by atoms with Gasteiger partial charge in [0.2, 0.25) is 0 Å². The second-order valence-electron chi connectivity index (χ2n) is 10.6. The van der Waals surface area contributed by atoms with Crippen LogP contribution in [0.2, 0.25) is 0 Å². The average molecular weight is 479 g/mol. The molecule has 2 heteroatoms. The fourth-order valence-corrected chi connectivity index (χ4v) is 5.91. The molecule has 2 nitrogen and oxygen atoms in total. The van der Waals surface area contributed by atoms with Gasteiger partial charge in [0.15, 0.2) is 0 Å². The van der Waals surface area contributed by atoms with Crippen LogP contribution >= 0.6 is 0 Å². The first-order valence-electron chi connectivity index (χ1n) is 13.2. The zero-order valence-corrected chi connectivity index (χ0v) is 21.5. The summed E-state index contributed by atoms with van der Waals surface area (Å²) >= 11 is 0. The lowest BCUT2D eigenvalue weighted by Crippen LogP contribution is -2.03. The topological polar surface area (TPSA) is 9.86 Å². The van der Waals surface area contributed by atoms with E-state index < -0.39 is 0 Å². The fraction of sp³-hybridized carbons (Fsp3) is 0.143. The Morgan fingerprint density at radius 2 is 0.919 bits per heavy atom. The molecule has 0 aliphatic heterocycles. The van der Waals surface area contributed by atoms with Crippen LogP contribution in [-0.4, -0.2) is 9.13 Å². The van der Waals surface area contributed by atoms with Crippen LogP contribution in [0.1, 0.15) is 32.3 Å². The molecular weight excluding hydrogens is 448 g/mol. The lowest BCUT2D eigenvalue weighted by Gasteiger charge is -2.18. The van der Waals surface area contributed by atoms with Crippen molar-refractivity contribution in [3.05, 3.63) is 121 Å². The van der Waals surface area contributed by atoms with E-state index in [1.165, 1.54) is 60.5 Å². The van der Waals surface area contributed by atoms with Crippen LogP contribution in [-0.2, 0) is 0 Å². The molecule has 0 aliphatic rings. The van der Waals surface area contributed by atoms with Crippen LogP contribution in [0.15, 0.2) is 115 Å². The number of benzene rings is 5. The van der Waals surface area contributed by atoms with Gasteiger partial charge in [-0.2, -0.15) is 0 Å². The molecule has 1 atom stereocenters. The van der Waals surface area contributed by atoms with Crippen LogP contribution < -0.4 is 0 Å². The van der Waals surface area contributed by atoms with Crippen molar-refractivity contribution < 1.29 is 0 Å². The van der Waals surface area contributed by atoms with E-state index in [1.807, 2.05) is 0 Å². The SMILES string of the molecule is CC(C)C(C)c1cccc(-n2c3ccccc3c3cc(-n4c5ccccc5c5ccccc54)ccc32)c1. The molecule has 0 amide bonds. The largest absolute Gasteiger partial charge is 0.309 e. The minimum Gasteiger partial charge on any atom is -0.309 e. The van der Waals surface area contributed by atoms with Gasteiger partial charge in [0, 0.05) is 32.9 Å². The molecule has 37 heavy (non-hydrogen) atoms. The summed E-state index contributed by atoms with van der Waals surface area (Å²) in [5.74, 6) is 1.11. The Hall–Kier alpha value is -4.30. The number of fused-ring (bicyclic) bond motifs is 6. The molecule has 2 aromatic heterocycles. The quantitative estimate of drug-likeness (QED) is 0.238. The molecule has 5 aromatic carbocycles. The van der Waals surface area contributed by atoms with Gasteiger partial charge in [-0.25, -0.2) is 0 Å². The van der Waals surface area contributed by atoms with Gasteiger partial charge in [-0.15, -0.1) is 0 Å². The summed E-state index contributed by atoms with van der Waals surface area (Å²) in [5.41, 5.74) is 8.76. The Balaban J connectivity index is 1.50. The molecule has 0 aliphatic carbocycles. The normalized spacial score (nSPS) is 12.9. The summed E-state index contributed by atoms with van der Waals surface area (Å²) in [6, 6.07) is 42.2. The van der Waals surface area contributed by atoms with Crippen molar-refractivity contribution in [3.8, 4) is 11.4 Å². The van der Waals surface area contributed by atoms with Gasteiger partial charge in [0.1, 0.15) is 0 Å². The van der Waals surface area contributed by atoms with Gasteiger partial charge < -0.3 is 9.13 Å². The van der Waals surface area contributed by atoms with E-state index in [4.69, 9.17) is 0 Å². The Bertz CT molecular complexity index is 1880. The van der Waals surface area contributed by atoms with Crippen molar-refractivity contribution in [3.63, 3.8) is 0 Å². The standard InChI is InChI=1S/C35H30N2/c1-23(2)24(3)25-11-10-12-26(21-25)36-34-18-9-6-15-30(34)31-22-27(19-20-35(31)36)37-32-16-7-4-13-28(32)29-14-5-8-17-33(29)37/h4-24H,1-3H3. The summed E-state index contributed by atoms with van der Waals surface area (Å²) in [6.07, 6.45) is 0. The molecular formula is C35H30N2. The number of nitrogens with zero attached hydrogens (tertiary/aromatic N) is 2. The molecule has 7 aromatic rings. The second kappa shape index (κ2) is 8.38. The van der Waals surface area contributed by atoms with E-state index >= 15 is 0 Å². The van der Waals surface area contributed by atoms with Crippen LogP contribution in [0.5, 0.6) is 0 Å². The Labute approximate surface area is 217 Å². The van der Waals surface area contributed by atoms with Gasteiger partial charge >= 0.3 is 0 Å². The minimum absolute atomic E-state index is 0.509. The molecule has 0 spiro atoms. The monoisotopic (exact) mass is 478 g/mol. The number of hydrogen-bond acceptors (Lipinski definition) is 0. The fourth-order valence-electron chi connectivity index (χ4n) is 5.91. The van der Waals surface area contributed by atoms with Crippen molar-refractivity contribution in [2.45, 2.75) is 26.7 Å². The maximum Gasteiger partial charge on any atom is 0.0542 e. The highest BCUT2D eigenvalue weighted by Gasteiger charge is 2.17. The lowest BCUT2D eigenvalue weighted by molar-refractivity contribution is 0.535. The van der Waals surface area contributed by atoms with Crippen LogP contribution in [0.25, 0.3) is 55.0 Å². The van der Waals surface area contributed by atoms with Crippen LogP contribution in [0.4, 0.5) is 0 Å². The summed E-state index contributed by atoms with van der Waals surface area (Å²) in [5, 5.41) is 5.13. The smallest absolute Gasteiger partial charge is 0.0542 e. The first kappa shape index (κ1) is 21.9. The molecule has 2 heterocycles. The molecule has 0 saturated heterocycles. The summed E-state index contributed by atoms with van der Waals surface area (Å²) in [6.45, 7) is 6.93. The van der Waals surface area contributed by atoms with Gasteiger partial charge in [0.25, 0.3) is 0 Å². The number of para-hydroxylation sites is 3. The molecule has 0 saturated carbocycles. The molecule has 1 unspecified atom stereocenters. The molecule has 0 fully saturated rings. The van der Waals surface area contributed by atoms with Gasteiger partial charge in [-0.1, -0.05) is 87.5 Å². The van der Waals surface area contributed by atoms with E-state index in [9.17, 15) is 0 Å². The van der Waals surface area contributed by atoms with E-state index in [1.54, 1.807) is 0 Å². The molecule has 0 radical (unpaired) electrons. The minimum atomic E-state index is 0.509. The summed E-state index contributed by atoms with van der Waals surface area (Å²) in [4.78, 5) is 0. The van der Waals surface area contributed by atoms with Crippen molar-refractivity contribution in [1.29, 1.82) is 0 Å². The zero-order valence-electron chi connectivity index (χ0n) is 21.5. The van der Waals surface area contributed by atoms with Gasteiger partial charge in [0.05, 0.1) is 22.1 Å². The molecule has 7 rings (SSSR count). The van der Waals surface area contributed by atoms with Gasteiger partial charge in [-0.05, 0) is 65.9 Å². The van der Waals surface area contributed by atoms with Crippen molar-refractivity contribution in [2.75, 3.05) is 0 Å². The highest BCUT2D eigenvalue weighted by atomic mass is 15.0. The van der Waals surface area contributed by atoms with Crippen molar-refractivity contribution in [2.24, 2.45) is 5.92 Å². The van der Waals surface area contributed by atoms with Gasteiger partial charge in [-0.3, -0.25) is 0 Å². The highest BCUT2D eigenvalue weighted by Crippen LogP contribution is 2.37. The third-order valence-corrected chi connectivity index (χ3v) is 8.15. The first-order chi connectivity index (χ1) is 18.1. The Morgan fingerprint density at radius 3 is 1.49 bits per heavy atom. The third kappa shape index (κ3) is 3.33. The van der Waals surface area contributed by atoms with E-state index in [-0.39, 0.29) is 0 Å². The Kier molecular flexibility index (Phi) is 4.97. The predicted octanol–water partition coefficient (Wildman–Crippen LogP) is 9.64. The first-order valence-corrected chi connectivity index (χ1v) is 13.2. The third-order valence-electron chi connectivity index (χ3n) is 8.15. The molecule has 180 valence electrons. The van der Waals surface area contributed by atoms with E-state index in [0.717, 1.165) is 0 Å². The average Bonchev–Trinajstić information content (AvgIpc) is 3.45. The van der Waals surface area contributed by atoms with Crippen LogP contribution in [0, 0.1) is 5.92 Å². The van der Waals surface area contributed by atoms with E-state index in [2.05, 4.69) is 145 Å². The number of rotatable bonds is 4. The summed E-state index contributed by atoms with van der Waals surface area (Å²) < 4.78 is 4.83. The predicted molar refractivity (Wildman–Crippen MR) is 158 cm³/mol. The maximum absolute atomic E-state index is 2.43. The van der Waals surface area contributed by atoms with Crippen molar-refractivity contribution >= 4 is 43.6 Å². The Morgan fingerprint density at radius 1 is 0.432 bits per heavy atom. The maximum atomic E-state index is 2.43. The van der Waals surface area contributed by atoms with Crippen molar-refractivity contribution in [1.82, 2.24) is 9.13 Å². The molecule has 0 N–H and O–H groups in total. The lowest BCUT2D eigenvalue weighted by atomic mass is 9.90. The molecule has 0 bridgehead atoms. The van der Waals surface area contributed by atoms with Crippen LogP contribution in [0.3, 0.4) is 0 Å². The number of hydrogen-bond donors (Lipinski definition) is 0. The number of aromatic nitrogens is 2. The highest BCUT2D eigenvalue weighted by molar-refractivity contribution is 6.12. The second-order valence-corrected chi connectivity index (χ2v) is 10.6.